The third-order valence-electron chi connectivity index (χ3n) is 3.64. The largest absolute Gasteiger partial charge is 0.352 e. The maximum Gasteiger partial charge on any atom is 0.274 e. The van der Waals surface area contributed by atoms with Gasteiger partial charge in [0.05, 0.1) is 0 Å². The summed E-state index contributed by atoms with van der Waals surface area (Å²) in [4.78, 5) is 28.4. The van der Waals surface area contributed by atoms with Crippen molar-refractivity contribution in [3.63, 3.8) is 0 Å². The van der Waals surface area contributed by atoms with Gasteiger partial charge in [-0.2, -0.15) is 0 Å². The van der Waals surface area contributed by atoms with E-state index in [4.69, 9.17) is 0 Å². The normalized spacial score (nSPS) is 10.2. The van der Waals surface area contributed by atoms with E-state index in [1.165, 1.54) is 12.3 Å². The monoisotopic (exact) mass is 311 g/mol. The molecule has 2 N–H and O–H groups in total. The first-order valence-corrected chi connectivity index (χ1v) is 7.64. The van der Waals surface area contributed by atoms with Crippen LogP contribution in [0.5, 0.6) is 0 Å². The van der Waals surface area contributed by atoms with Crippen molar-refractivity contribution in [2.24, 2.45) is 0 Å². The van der Waals surface area contributed by atoms with Gasteiger partial charge in [-0.25, -0.2) is 0 Å². The van der Waals surface area contributed by atoms with Gasteiger partial charge in [0.25, 0.3) is 11.8 Å². The number of nitrogens with one attached hydrogen (secondary N) is 2. The molecule has 0 radical (unpaired) electrons. The highest BCUT2D eigenvalue weighted by Gasteiger charge is 2.13. The van der Waals surface area contributed by atoms with Crippen molar-refractivity contribution in [1.29, 1.82) is 0 Å². The molecule has 1 aromatic carbocycles. The zero-order valence-corrected chi connectivity index (χ0v) is 13.6. The van der Waals surface area contributed by atoms with Gasteiger partial charge in [0, 0.05) is 24.0 Å². The van der Waals surface area contributed by atoms with Crippen molar-refractivity contribution in [2.45, 2.75) is 27.2 Å². The molecule has 5 heteroatoms. The highest BCUT2D eigenvalue weighted by Crippen LogP contribution is 2.18. The second-order valence-electron chi connectivity index (χ2n) is 5.39. The summed E-state index contributed by atoms with van der Waals surface area (Å²) in [5, 5.41) is 5.63. The zero-order chi connectivity index (χ0) is 16.8. The smallest absolute Gasteiger partial charge is 0.274 e. The second kappa shape index (κ2) is 7.54. The number of hydrogen-bond acceptors (Lipinski definition) is 3. The fourth-order valence-corrected chi connectivity index (χ4v) is 2.11. The number of aromatic nitrogens is 1. The summed E-state index contributed by atoms with van der Waals surface area (Å²) < 4.78 is 0. The number of rotatable bonds is 5. The van der Waals surface area contributed by atoms with Crippen molar-refractivity contribution >= 4 is 17.5 Å². The minimum atomic E-state index is -0.330. The number of anilines is 1. The molecule has 0 saturated carbocycles. The molecule has 1 heterocycles. The van der Waals surface area contributed by atoms with Crippen LogP contribution in [0.25, 0.3) is 0 Å². The Morgan fingerprint density at radius 2 is 1.91 bits per heavy atom. The van der Waals surface area contributed by atoms with Crippen LogP contribution >= 0.6 is 0 Å². The summed E-state index contributed by atoms with van der Waals surface area (Å²) >= 11 is 0. The molecule has 2 rings (SSSR count). The Morgan fingerprint density at radius 3 is 2.65 bits per heavy atom. The molecule has 0 aliphatic carbocycles. The summed E-state index contributed by atoms with van der Waals surface area (Å²) in [5.74, 6) is -0.529. The van der Waals surface area contributed by atoms with Gasteiger partial charge in [0.15, 0.2) is 0 Å². The average Bonchev–Trinajstić information content (AvgIpc) is 2.57. The molecule has 0 unspecified atom stereocenters. The fourth-order valence-electron chi connectivity index (χ4n) is 2.11. The van der Waals surface area contributed by atoms with Crippen LogP contribution in [0.1, 0.15) is 45.3 Å². The van der Waals surface area contributed by atoms with Crippen LogP contribution in [0.15, 0.2) is 36.5 Å². The summed E-state index contributed by atoms with van der Waals surface area (Å²) in [6, 6.07) is 8.82. The van der Waals surface area contributed by atoms with Crippen LogP contribution < -0.4 is 10.6 Å². The van der Waals surface area contributed by atoms with Gasteiger partial charge in [0.1, 0.15) is 5.69 Å². The highest BCUT2D eigenvalue weighted by atomic mass is 16.2. The quantitative estimate of drug-likeness (QED) is 0.891. The van der Waals surface area contributed by atoms with Crippen LogP contribution in [-0.2, 0) is 0 Å². The van der Waals surface area contributed by atoms with Gasteiger partial charge in [-0.1, -0.05) is 19.1 Å². The summed E-state index contributed by atoms with van der Waals surface area (Å²) in [5.41, 5.74) is 3.51. The molecule has 2 aromatic rings. The molecular formula is C18H21N3O2. The van der Waals surface area contributed by atoms with Crippen molar-refractivity contribution < 1.29 is 9.59 Å². The molecule has 0 aliphatic heterocycles. The van der Waals surface area contributed by atoms with Crippen molar-refractivity contribution in [2.75, 3.05) is 11.9 Å². The topological polar surface area (TPSA) is 71.1 Å². The van der Waals surface area contributed by atoms with E-state index < -0.39 is 0 Å². The molecule has 0 fully saturated rings. The second-order valence-corrected chi connectivity index (χ2v) is 5.39. The first-order chi connectivity index (χ1) is 11.0. The summed E-state index contributed by atoms with van der Waals surface area (Å²) in [7, 11) is 0. The van der Waals surface area contributed by atoms with Crippen LogP contribution in [0, 0.1) is 13.8 Å². The molecule has 1 aromatic heterocycles. The molecule has 23 heavy (non-hydrogen) atoms. The maximum atomic E-state index is 12.4. The van der Waals surface area contributed by atoms with Gasteiger partial charge in [0.2, 0.25) is 0 Å². The van der Waals surface area contributed by atoms with Crippen LogP contribution in [0.3, 0.4) is 0 Å². The Kier molecular flexibility index (Phi) is 5.46. The predicted octanol–water partition coefficient (Wildman–Crippen LogP) is 3.09. The van der Waals surface area contributed by atoms with E-state index in [1.807, 2.05) is 39.0 Å². The fraction of sp³-hybridized carbons (Fsp3) is 0.278. The number of nitrogens with zero attached hydrogens (tertiary/aromatic N) is 1. The lowest BCUT2D eigenvalue weighted by molar-refractivity contribution is 0.0953. The molecule has 120 valence electrons. The third kappa shape index (κ3) is 4.16. The molecular weight excluding hydrogens is 290 g/mol. The Bertz CT molecular complexity index is 726. The van der Waals surface area contributed by atoms with Gasteiger partial charge >= 0.3 is 0 Å². The Hall–Kier alpha value is -2.69. The number of aryl methyl sites for hydroxylation is 1. The average molecular weight is 311 g/mol. The number of pyridine rings is 1. The molecule has 0 aliphatic rings. The first kappa shape index (κ1) is 16.7. The lowest BCUT2D eigenvalue weighted by atomic mass is 10.1. The molecule has 2 amide bonds. The minimum absolute atomic E-state index is 0.199. The SMILES string of the molecule is CCCNC(=O)c1ccnc(C(=O)Nc2cccc(C)c2C)c1. The van der Waals surface area contributed by atoms with E-state index in [-0.39, 0.29) is 17.5 Å². The van der Waals surface area contributed by atoms with Gasteiger partial charge < -0.3 is 10.6 Å². The number of carbonyl (C=O) groups excluding carboxylic acids is 2. The maximum absolute atomic E-state index is 12.4. The molecule has 0 saturated heterocycles. The number of hydrogen-bond donors (Lipinski definition) is 2. The zero-order valence-electron chi connectivity index (χ0n) is 13.6. The predicted molar refractivity (Wildman–Crippen MR) is 90.7 cm³/mol. The van der Waals surface area contributed by atoms with Crippen molar-refractivity contribution in [1.82, 2.24) is 10.3 Å². The number of benzene rings is 1. The minimum Gasteiger partial charge on any atom is -0.352 e. The Labute approximate surface area is 136 Å². The standard InChI is InChI=1S/C18H21N3O2/c1-4-9-20-17(22)14-8-10-19-16(11-14)18(23)21-15-7-5-6-12(2)13(15)3/h5-8,10-11H,4,9H2,1-3H3,(H,20,22)(H,21,23). The van der Waals surface area contributed by atoms with E-state index in [0.717, 1.165) is 23.2 Å². The molecule has 0 spiro atoms. The van der Waals surface area contributed by atoms with Gasteiger partial charge in [-0.05, 0) is 49.6 Å². The van der Waals surface area contributed by atoms with E-state index >= 15 is 0 Å². The van der Waals surface area contributed by atoms with Crippen molar-refractivity contribution in [3.8, 4) is 0 Å². The first-order valence-electron chi connectivity index (χ1n) is 7.64. The molecule has 0 atom stereocenters. The van der Waals surface area contributed by atoms with Gasteiger partial charge in [-0.3, -0.25) is 14.6 Å². The Balaban J connectivity index is 2.16. The molecule has 5 nitrogen and oxygen atoms in total. The third-order valence-corrected chi connectivity index (χ3v) is 3.64. The lowest BCUT2D eigenvalue weighted by Crippen LogP contribution is -2.24. The van der Waals surface area contributed by atoms with E-state index in [0.29, 0.717) is 12.1 Å². The van der Waals surface area contributed by atoms with E-state index in [9.17, 15) is 9.59 Å². The summed E-state index contributed by atoms with van der Waals surface area (Å²) in [6.45, 7) is 6.52. The van der Waals surface area contributed by atoms with E-state index in [1.54, 1.807) is 6.07 Å². The lowest BCUT2D eigenvalue weighted by Gasteiger charge is -2.10. The summed E-state index contributed by atoms with van der Waals surface area (Å²) in [6.07, 6.45) is 2.33. The van der Waals surface area contributed by atoms with Crippen molar-refractivity contribution in [3.05, 3.63) is 58.9 Å². The van der Waals surface area contributed by atoms with Crippen LogP contribution in [0.4, 0.5) is 5.69 Å². The van der Waals surface area contributed by atoms with Gasteiger partial charge in [-0.15, -0.1) is 0 Å². The highest BCUT2D eigenvalue weighted by molar-refractivity contribution is 6.05. The number of amides is 2. The van der Waals surface area contributed by atoms with Crippen LogP contribution in [0.2, 0.25) is 0 Å². The van der Waals surface area contributed by atoms with E-state index in [2.05, 4.69) is 15.6 Å². The number of carbonyl (C=O) groups is 2. The Morgan fingerprint density at radius 1 is 1.13 bits per heavy atom. The molecule has 0 bridgehead atoms. The van der Waals surface area contributed by atoms with Crippen LogP contribution in [-0.4, -0.2) is 23.3 Å².